The number of hydrogen-bond acceptors (Lipinski definition) is 5. The van der Waals surface area contributed by atoms with Crippen LogP contribution in [0.1, 0.15) is 47.2 Å². The minimum atomic E-state index is -0.415. The lowest BCUT2D eigenvalue weighted by Crippen LogP contribution is -2.17. The summed E-state index contributed by atoms with van der Waals surface area (Å²) in [6, 6.07) is 7.40. The summed E-state index contributed by atoms with van der Waals surface area (Å²) in [5, 5.41) is 3.59. The molecule has 28 heavy (non-hydrogen) atoms. The van der Waals surface area contributed by atoms with Crippen molar-refractivity contribution < 1.29 is 9.53 Å². The van der Waals surface area contributed by atoms with Gasteiger partial charge in [-0.1, -0.05) is 25.6 Å². The fraction of sp³-hybridized carbons (Fsp3) is 0.286. The molecule has 2 aromatic heterocycles. The van der Waals surface area contributed by atoms with Crippen molar-refractivity contribution in [2.24, 2.45) is 0 Å². The van der Waals surface area contributed by atoms with E-state index in [1.54, 1.807) is 13.2 Å². The lowest BCUT2D eigenvalue weighted by Gasteiger charge is -2.10. The Bertz CT molecular complexity index is 1060. The van der Waals surface area contributed by atoms with Crippen LogP contribution in [0.2, 0.25) is 0 Å². The largest absolute Gasteiger partial charge is 0.383 e. The van der Waals surface area contributed by atoms with E-state index >= 15 is 0 Å². The number of benzene rings is 1. The molecule has 0 atom stereocenters. The number of carbonyl (C=O) groups excluding carboxylic acids is 1. The fourth-order valence-corrected chi connectivity index (χ4v) is 3.50. The average molecular weight is 377 g/mol. The molecule has 3 aromatic rings. The number of carbonyl (C=O) groups is 1. The molecule has 0 bridgehead atoms. The van der Waals surface area contributed by atoms with Gasteiger partial charge in [0.25, 0.3) is 5.91 Å². The molecule has 7 heteroatoms. The first-order valence-corrected chi connectivity index (χ1v) is 9.16. The number of anilines is 2. The Labute approximate surface area is 163 Å². The SMILES string of the molecule is C=Cc1[nH]c2nc(C(=O)Nc3ccc(COC)cc3)nc(N)c2c1C1(C)CC1. The van der Waals surface area contributed by atoms with Crippen LogP contribution in [0, 0.1) is 0 Å². The normalized spacial score (nSPS) is 14.8. The zero-order valence-electron chi connectivity index (χ0n) is 16.0. The Hall–Kier alpha value is -3.19. The molecular weight excluding hydrogens is 354 g/mol. The van der Waals surface area contributed by atoms with Crippen LogP contribution in [0.3, 0.4) is 0 Å². The van der Waals surface area contributed by atoms with E-state index in [4.69, 9.17) is 10.5 Å². The smallest absolute Gasteiger partial charge is 0.293 e. The molecule has 0 unspecified atom stereocenters. The Morgan fingerprint density at radius 3 is 2.68 bits per heavy atom. The number of amides is 1. The second kappa shape index (κ2) is 6.76. The second-order valence-corrected chi connectivity index (χ2v) is 7.42. The molecule has 1 saturated carbocycles. The number of ether oxygens (including phenoxy) is 1. The number of methoxy groups -OCH3 is 1. The first-order chi connectivity index (χ1) is 13.4. The summed E-state index contributed by atoms with van der Waals surface area (Å²) in [5.41, 5.74) is 10.5. The van der Waals surface area contributed by atoms with Crippen LogP contribution in [0.25, 0.3) is 17.1 Å². The van der Waals surface area contributed by atoms with Crippen LogP contribution in [0.4, 0.5) is 11.5 Å². The molecule has 0 spiro atoms. The van der Waals surface area contributed by atoms with E-state index < -0.39 is 5.91 Å². The van der Waals surface area contributed by atoms with Gasteiger partial charge in [-0.3, -0.25) is 4.79 Å². The zero-order valence-corrected chi connectivity index (χ0v) is 16.0. The minimum absolute atomic E-state index is 0.0235. The van der Waals surface area contributed by atoms with E-state index in [0.717, 1.165) is 35.0 Å². The first-order valence-electron chi connectivity index (χ1n) is 9.16. The van der Waals surface area contributed by atoms with Gasteiger partial charge in [-0.05, 0) is 47.6 Å². The molecule has 1 amide bonds. The number of fused-ring (bicyclic) bond motifs is 1. The maximum Gasteiger partial charge on any atom is 0.293 e. The summed E-state index contributed by atoms with van der Waals surface area (Å²) in [6.07, 6.45) is 3.93. The third kappa shape index (κ3) is 3.14. The van der Waals surface area contributed by atoms with Crippen molar-refractivity contribution in [1.29, 1.82) is 0 Å². The first kappa shape index (κ1) is 18.2. The fourth-order valence-electron chi connectivity index (χ4n) is 3.50. The molecule has 0 radical (unpaired) electrons. The molecule has 1 fully saturated rings. The number of nitrogens with zero attached hydrogens (tertiary/aromatic N) is 2. The zero-order chi connectivity index (χ0) is 19.9. The van der Waals surface area contributed by atoms with Gasteiger partial charge in [0.1, 0.15) is 11.5 Å². The third-order valence-corrected chi connectivity index (χ3v) is 5.24. The number of aromatic nitrogens is 3. The number of hydrogen-bond donors (Lipinski definition) is 3. The molecule has 1 aromatic carbocycles. The van der Waals surface area contributed by atoms with Gasteiger partial charge in [-0.2, -0.15) is 0 Å². The van der Waals surface area contributed by atoms with Crippen LogP contribution in [-0.4, -0.2) is 28.0 Å². The third-order valence-electron chi connectivity index (χ3n) is 5.24. The molecule has 0 aliphatic heterocycles. The lowest BCUT2D eigenvalue weighted by atomic mass is 9.95. The highest BCUT2D eigenvalue weighted by atomic mass is 16.5. The molecule has 0 saturated heterocycles. The Morgan fingerprint density at radius 2 is 2.07 bits per heavy atom. The molecule has 1 aliphatic rings. The number of nitrogens with one attached hydrogen (secondary N) is 2. The lowest BCUT2D eigenvalue weighted by molar-refractivity contribution is 0.101. The highest BCUT2D eigenvalue weighted by Gasteiger charge is 2.43. The van der Waals surface area contributed by atoms with Gasteiger partial charge in [-0.25, -0.2) is 9.97 Å². The van der Waals surface area contributed by atoms with E-state index in [9.17, 15) is 4.79 Å². The molecule has 144 valence electrons. The summed E-state index contributed by atoms with van der Waals surface area (Å²) in [6.45, 7) is 6.59. The number of aromatic amines is 1. The molecular formula is C21H23N5O2. The quantitative estimate of drug-likeness (QED) is 0.608. The molecule has 1 aliphatic carbocycles. The highest BCUT2D eigenvalue weighted by Crippen LogP contribution is 2.52. The predicted octanol–water partition coefficient (Wildman–Crippen LogP) is 3.63. The van der Waals surface area contributed by atoms with Crippen LogP contribution < -0.4 is 11.1 Å². The Kier molecular flexibility index (Phi) is 4.39. The van der Waals surface area contributed by atoms with Crippen LogP contribution in [-0.2, 0) is 16.8 Å². The number of nitrogens with two attached hydrogens (primary N) is 1. The van der Waals surface area contributed by atoms with Crippen LogP contribution in [0.15, 0.2) is 30.8 Å². The van der Waals surface area contributed by atoms with Crippen molar-refractivity contribution in [3.63, 3.8) is 0 Å². The monoisotopic (exact) mass is 377 g/mol. The van der Waals surface area contributed by atoms with Crippen molar-refractivity contribution in [2.75, 3.05) is 18.2 Å². The summed E-state index contributed by atoms with van der Waals surface area (Å²) in [7, 11) is 1.64. The van der Waals surface area contributed by atoms with Gasteiger partial charge in [0.15, 0.2) is 0 Å². The van der Waals surface area contributed by atoms with Gasteiger partial charge < -0.3 is 20.8 Å². The van der Waals surface area contributed by atoms with E-state index in [-0.39, 0.29) is 11.2 Å². The molecule has 4 N–H and O–H groups in total. The van der Waals surface area contributed by atoms with E-state index in [2.05, 4.69) is 33.8 Å². The van der Waals surface area contributed by atoms with Crippen molar-refractivity contribution in [1.82, 2.24) is 15.0 Å². The van der Waals surface area contributed by atoms with E-state index in [0.29, 0.717) is 23.8 Å². The maximum atomic E-state index is 12.6. The minimum Gasteiger partial charge on any atom is -0.383 e. The molecule has 2 heterocycles. The summed E-state index contributed by atoms with van der Waals surface area (Å²) in [5.74, 6) is -0.0876. The van der Waals surface area contributed by atoms with E-state index in [1.165, 1.54) is 0 Å². The number of rotatable bonds is 6. The van der Waals surface area contributed by atoms with Gasteiger partial charge in [0.2, 0.25) is 5.82 Å². The molecule has 7 nitrogen and oxygen atoms in total. The van der Waals surface area contributed by atoms with Crippen molar-refractivity contribution in [2.45, 2.75) is 31.8 Å². The topological polar surface area (TPSA) is 106 Å². The van der Waals surface area contributed by atoms with Gasteiger partial charge >= 0.3 is 0 Å². The van der Waals surface area contributed by atoms with Crippen molar-refractivity contribution in [3.8, 4) is 0 Å². The Morgan fingerprint density at radius 1 is 1.36 bits per heavy atom. The van der Waals surface area contributed by atoms with Gasteiger partial charge in [0, 0.05) is 18.5 Å². The van der Waals surface area contributed by atoms with Crippen LogP contribution >= 0.6 is 0 Å². The maximum absolute atomic E-state index is 12.6. The average Bonchev–Trinajstić information content (AvgIpc) is 3.29. The van der Waals surface area contributed by atoms with E-state index in [1.807, 2.05) is 24.3 Å². The van der Waals surface area contributed by atoms with Gasteiger partial charge in [0.05, 0.1) is 12.0 Å². The highest BCUT2D eigenvalue weighted by molar-refractivity contribution is 6.04. The Balaban J connectivity index is 1.65. The summed E-state index contributed by atoms with van der Waals surface area (Å²) in [4.78, 5) is 24.6. The van der Waals surface area contributed by atoms with Crippen LogP contribution in [0.5, 0.6) is 0 Å². The second-order valence-electron chi connectivity index (χ2n) is 7.42. The molecule has 4 rings (SSSR count). The van der Waals surface area contributed by atoms with Crippen molar-refractivity contribution >= 4 is 34.5 Å². The van der Waals surface area contributed by atoms with Gasteiger partial charge in [-0.15, -0.1) is 0 Å². The number of nitrogen functional groups attached to an aromatic ring is 1. The predicted molar refractivity (Wildman–Crippen MR) is 110 cm³/mol. The standard InChI is InChI=1S/C21H23N5O2/c1-4-14-16(21(2)9-10-21)15-17(22)25-19(26-18(15)24-14)20(27)23-13-7-5-12(6-8-13)11-28-3/h4-8H,1,9-11H2,2-3H3,(H,23,27)(H3,22,24,25,26). The number of H-pyrrole nitrogens is 1. The summed E-state index contributed by atoms with van der Waals surface area (Å²) >= 11 is 0. The summed E-state index contributed by atoms with van der Waals surface area (Å²) < 4.78 is 5.09. The van der Waals surface area contributed by atoms with Crippen molar-refractivity contribution in [3.05, 3.63) is 53.5 Å².